The molecule has 0 aromatic heterocycles. The van der Waals surface area contributed by atoms with Crippen LogP contribution >= 0.6 is 0 Å². The maximum Gasteiger partial charge on any atom is 0.416 e. The van der Waals surface area contributed by atoms with Gasteiger partial charge in [0.05, 0.1) is 10.5 Å². The number of alkyl halides is 3. The molecule has 0 saturated heterocycles. The predicted molar refractivity (Wildman–Crippen MR) is 115 cm³/mol. The Bertz CT molecular complexity index is 1130. The highest BCUT2D eigenvalue weighted by atomic mass is 32.2. The summed E-state index contributed by atoms with van der Waals surface area (Å²) in [5, 5.41) is 2.65. The summed E-state index contributed by atoms with van der Waals surface area (Å²) in [4.78, 5) is 17.3. The summed E-state index contributed by atoms with van der Waals surface area (Å²) >= 11 is 0. The number of hydrogen-bond acceptors (Lipinski definition) is 4. The van der Waals surface area contributed by atoms with Crippen LogP contribution in [0.25, 0.3) is 0 Å². The number of nitrogens with one attached hydrogen (secondary N) is 2. The van der Waals surface area contributed by atoms with E-state index in [-0.39, 0.29) is 35.2 Å². The van der Waals surface area contributed by atoms with Gasteiger partial charge < -0.3 is 5.32 Å². The number of hydrogen-bond donors (Lipinski definition) is 2. The van der Waals surface area contributed by atoms with Crippen molar-refractivity contribution in [2.45, 2.75) is 43.8 Å². The van der Waals surface area contributed by atoms with E-state index in [1.807, 2.05) is 13.8 Å². The molecule has 0 fully saturated rings. The van der Waals surface area contributed by atoms with Gasteiger partial charge in [0.2, 0.25) is 5.91 Å². The summed E-state index contributed by atoms with van der Waals surface area (Å²) in [7, 11) is -3.75. The Hall–Kier alpha value is -2.88. The number of rotatable bonds is 7. The van der Waals surface area contributed by atoms with Crippen LogP contribution in [0.5, 0.6) is 0 Å². The summed E-state index contributed by atoms with van der Waals surface area (Å²) in [6.07, 6.45) is -3.88. The molecule has 3 rings (SSSR count). The summed E-state index contributed by atoms with van der Waals surface area (Å²) in [5.41, 5.74) is -0.262. The minimum atomic E-state index is -4.47. The third-order valence-corrected chi connectivity index (χ3v) is 6.80. The van der Waals surface area contributed by atoms with Gasteiger partial charge in [-0.15, -0.1) is 0 Å². The van der Waals surface area contributed by atoms with E-state index in [0.29, 0.717) is 12.0 Å². The molecule has 2 N–H and O–H groups in total. The largest absolute Gasteiger partial charge is 0.416 e. The minimum absolute atomic E-state index is 0.000678. The molecule has 6 nitrogen and oxygen atoms in total. The molecule has 32 heavy (non-hydrogen) atoms. The van der Waals surface area contributed by atoms with Gasteiger partial charge in [-0.1, -0.05) is 50.6 Å². The van der Waals surface area contributed by atoms with Crippen LogP contribution in [0.15, 0.2) is 58.4 Å². The second kappa shape index (κ2) is 9.32. The third kappa shape index (κ3) is 5.12. The SMILES string of the molecule is CC[C@H](C)[C@H](N=C1NS(=O)(=O)c2ccccc21)C(=O)NCCc1ccccc1C(F)(F)F. The number of benzene rings is 2. The van der Waals surface area contributed by atoms with Gasteiger partial charge >= 0.3 is 6.18 Å². The van der Waals surface area contributed by atoms with Crippen molar-refractivity contribution >= 4 is 21.8 Å². The lowest BCUT2D eigenvalue weighted by Gasteiger charge is -2.20. The van der Waals surface area contributed by atoms with Crippen LogP contribution in [0, 0.1) is 5.92 Å². The average molecular weight is 468 g/mol. The first-order valence-electron chi connectivity index (χ1n) is 10.2. The van der Waals surface area contributed by atoms with E-state index in [2.05, 4.69) is 15.0 Å². The van der Waals surface area contributed by atoms with E-state index in [0.717, 1.165) is 6.07 Å². The Morgan fingerprint density at radius 1 is 1.12 bits per heavy atom. The Morgan fingerprint density at radius 3 is 2.47 bits per heavy atom. The summed E-state index contributed by atoms with van der Waals surface area (Å²) < 4.78 is 66.5. The molecule has 2 aromatic rings. The molecule has 0 radical (unpaired) electrons. The summed E-state index contributed by atoms with van der Waals surface area (Å²) in [6.45, 7) is 3.67. The number of aliphatic imine (C=N–C) groups is 1. The van der Waals surface area contributed by atoms with Crippen molar-refractivity contribution in [2.75, 3.05) is 6.54 Å². The van der Waals surface area contributed by atoms with Crippen molar-refractivity contribution in [2.24, 2.45) is 10.9 Å². The molecule has 172 valence electrons. The van der Waals surface area contributed by atoms with E-state index in [1.54, 1.807) is 18.2 Å². The average Bonchev–Trinajstić information content (AvgIpc) is 3.01. The molecule has 1 aliphatic heterocycles. The first-order chi connectivity index (χ1) is 15.0. The van der Waals surface area contributed by atoms with Crippen molar-refractivity contribution in [3.8, 4) is 0 Å². The van der Waals surface area contributed by atoms with Crippen LogP contribution in [0.2, 0.25) is 0 Å². The van der Waals surface area contributed by atoms with Gasteiger partial charge in [-0.25, -0.2) is 8.42 Å². The number of nitrogens with zero attached hydrogens (tertiary/aromatic N) is 1. The summed E-state index contributed by atoms with van der Waals surface area (Å²) in [5.74, 6) is -0.606. The van der Waals surface area contributed by atoms with Crippen LogP contribution in [-0.4, -0.2) is 32.7 Å². The Kier molecular flexibility index (Phi) is 6.92. The monoisotopic (exact) mass is 467 g/mol. The van der Waals surface area contributed by atoms with E-state index >= 15 is 0 Å². The highest BCUT2D eigenvalue weighted by Gasteiger charge is 2.34. The fourth-order valence-corrected chi connectivity index (χ4v) is 4.72. The predicted octanol–water partition coefficient (Wildman–Crippen LogP) is 3.52. The normalized spacial score (nSPS) is 18.0. The number of halogens is 3. The van der Waals surface area contributed by atoms with Crippen LogP contribution in [0.4, 0.5) is 13.2 Å². The molecule has 0 unspecified atom stereocenters. The highest BCUT2D eigenvalue weighted by molar-refractivity contribution is 7.90. The number of amidine groups is 1. The standard InChI is InChI=1S/C22H24F3N3O3S/c1-3-14(2)19(27-20-16-9-5-7-11-18(16)32(30,31)28-20)21(29)26-13-12-15-8-4-6-10-17(15)22(23,24)25/h4-11,14,19H,3,12-13H2,1-2H3,(H,26,29)(H,27,28)/t14-,19-/m0/s1. The van der Waals surface area contributed by atoms with Crippen molar-refractivity contribution < 1.29 is 26.4 Å². The topological polar surface area (TPSA) is 87.6 Å². The molecule has 10 heteroatoms. The number of fused-ring (bicyclic) bond motifs is 1. The Balaban J connectivity index is 1.77. The van der Waals surface area contributed by atoms with Gasteiger partial charge in [-0.05, 0) is 36.1 Å². The molecule has 0 aliphatic carbocycles. The molecule has 2 aromatic carbocycles. The molecule has 0 saturated carbocycles. The van der Waals surface area contributed by atoms with Crippen LogP contribution in [0.3, 0.4) is 0 Å². The van der Waals surface area contributed by atoms with Gasteiger partial charge in [-0.3, -0.25) is 14.5 Å². The zero-order chi connectivity index (χ0) is 23.5. The molecule has 1 heterocycles. The molecule has 0 bridgehead atoms. The number of carbonyl (C=O) groups is 1. The lowest BCUT2D eigenvalue weighted by molar-refractivity contribution is -0.138. The van der Waals surface area contributed by atoms with Crippen molar-refractivity contribution in [1.29, 1.82) is 0 Å². The quantitative estimate of drug-likeness (QED) is 0.653. The van der Waals surface area contributed by atoms with Crippen LogP contribution < -0.4 is 10.0 Å². The maximum atomic E-state index is 13.2. The smallest absolute Gasteiger partial charge is 0.354 e. The van der Waals surface area contributed by atoms with Gasteiger partial charge in [0.1, 0.15) is 11.9 Å². The second-order valence-corrected chi connectivity index (χ2v) is 9.26. The fourth-order valence-electron chi connectivity index (χ4n) is 3.48. The molecular weight excluding hydrogens is 443 g/mol. The zero-order valence-corrected chi connectivity index (χ0v) is 18.4. The number of carbonyl (C=O) groups excluding carboxylic acids is 1. The third-order valence-electron chi connectivity index (χ3n) is 5.40. The molecule has 1 amide bonds. The molecular formula is C22H24F3N3O3S. The van der Waals surface area contributed by atoms with E-state index in [4.69, 9.17) is 0 Å². The second-order valence-electron chi connectivity index (χ2n) is 7.61. The number of amides is 1. The van der Waals surface area contributed by atoms with Crippen LogP contribution in [0.1, 0.15) is 37.0 Å². The van der Waals surface area contributed by atoms with Gasteiger partial charge in [0.25, 0.3) is 10.0 Å². The Morgan fingerprint density at radius 2 is 1.78 bits per heavy atom. The first kappa shape index (κ1) is 23.8. The summed E-state index contributed by atoms with van der Waals surface area (Å²) in [6, 6.07) is 10.7. The van der Waals surface area contributed by atoms with E-state index < -0.39 is 33.7 Å². The lowest BCUT2D eigenvalue weighted by Crippen LogP contribution is -2.40. The molecule has 0 spiro atoms. The number of sulfonamides is 1. The Labute approximate surface area is 185 Å². The van der Waals surface area contributed by atoms with E-state index in [9.17, 15) is 26.4 Å². The molecule has 1 aliphatic rings. The minimum Gasteiger partial charge on any atom is -0.354 e. The maximum absolute atomic E-state index is 13.2. The van der Waals surface area contributed by atoms with Crippen LogP contribution in [-0.2, 0) is 27.4 Å². The van der Waals surface area contributed by atoms with E-state index in [1.165, 1.54) is 24.3 Å². The van der Waals surface area contributed by atoms with Crippen molar-refractivity contribution in [3.05, 3.63) is 65.2 Å². The first-order valence-corrected chi connectivity index (χ1v) is 11.7. The van der Waals surface area contributed by atoms with Crippen molar-refractivity contribution in [1.82, 2.24) is 10.0 Å². The van der Waals surface area contributed by atoms with Gasteiger partial charge in [-0.2, -0.15) is 13.2 Å². The fraction of sp³-hybridized carbons (Fsp3) is 0.364. The highest BCUT2D eigenvalue weighted by Crippen LogP contribution is 2.32. The van der Waals surface area contributed by atoms with Gasteiger partial charge in [0.15, 0.2) is 0 Å². The van der Waals surface area contributed by atoms with Crippen molar-refractivity contribution in [3.63, 3.8) is 0 Å². The lowest BCUT2D eigenvalue weighted by atomic mass is 9.98. The molecule has 2 atom stereocenters. The van der Waals surface area contributed by atoms with Gasteiger partial charge in [0, 0.05) is 12.1 Å². The zero-order valence-electron chi connectivity index (χ0n) is 17.6.